The van der Waals surface area contributed by atoms with Gasteiger partial charge in [0.2, 0.25) is 6.54 Å². The van der Waals surface area contributed by atoms with Crippen LogP contribution in [-0.2, 0) is 0 Å². The van der Waals surface area contributed by atoms with Gasteiger partial charge in [-0.15, -0.1) is 0 Å². The summed E-state index contributed by atoms with van der Waals surface area (Å²) in [4.78, 5) is 12.0. The third-order valence-electron chi connectivity index (χ3n) is 3.20. The zero-order valence-corrected chi connectivity index (χ0v) is 11.3. The minimum Gasteiger partial charge on any atom is -0.317 e. The summed E-state index contributed by atoms with van der Waals surface area (Å²) in [7, 11) is 0. The van der Waals surface area contributed by atoms with Crippen molar-refractivity contribution >= 4 is 17.0 Å². The van der Waals surface area contributed by atoms with Gasteiger partial charge in [0.05, 0.1) is 11.2 Å². The number of hydrogen-bond donors (Lipinski definition) is 0. The number of rotatable bonds is 4. The van der Waals surface area contributed by atoms with Gasteiger partial charge in [0.1, 0.15) is 6.33 Å². The first-order valence-electron chi connectivity index (χ1n) is 6.44. The number of aromatic nitrogens is 2. The van der Waals surface area contributed by atoms with Crippen LogP contribution in [0, 0.1) is 20.4 Å². The summed E-state index contributed by atoms with van der Waals surface area (Å²) in [6.45, 7) is 11.5. The zero-order chi connectivity index (χ0) is 13.7. The first kappa shape index (κ1) is 13.2. The van der Waals surface area contributed by atoms with E-state index in [0.717, 1.165) is 29.4 Å². The highest BCUT2D eigenvalue weighted by atomic mass is 14.8. The number of fused-ring (bicyclic) bond motifs is 1. The summed E-state index contributed by atoms with van der Waals surface area (Å²) in [5.41, 5.74) is 4.44. The van der Waals surface area contributed by atoms with Gasteiger partial charge in [0, 0.05) is 11.8 Å². The molecule has 19 heavy (non-hydrogen) atoms. The van der Waals surface area contributed by atoms with Gasteiger partial charge in [0.25, 0.3) is 0 Å². The van der Waals surface area contributed by atoms with Crippen LogP contribution in [0.2, 0.25) is 0 Å². The Balaban J connectivity index is 2.28. The molecule has 1 aromatic heterocycles. The molecule has 3 heteroatoms. The number of aryl methyl sites for hydroxylation is 2. The fraction of sp³-hybridized carbons (Fsp3) is 0.312. The van der Waals surface area contributed by atoms with Gasteiger partial charge in [-0.2, -0.15) is 0 Å². The molecule has 2 rings (SSSR count). The van der Waals surface area contributed by atoms with E-state index in [1.54, 1.807) is 6.33 Å². The van der Waals surface area contributed by atoms with Crippen molar-refractivity contribution < 1.29 is 0 Å². The van der Waals surface area contributed by atoms with E-state index in [4.69, 9.17) is 6.57 Å². The molecule has 0 atom stereocenters. The molecule has 0 unspecified atom stereocenters. The van der Waals surface area contributed by atoms with Crippen LogP contribution in [0.25, 0.3) is 21.8 Å². The Morgan fingerprint density at radius 1 is 1.21 bits per heavy atom. The molecule has 0 saturated heterocycles. The van der Waals surface area contributed by atoms with Crippen LogP contribution < -0.4 is 0 Å². The quantitative estimate of drug-likeness (QED) is 0.608. The second-order valence-electron chi connectivity index (χ2n) is 4.64. The summed E-state index contributed by atoms with van der Waals surface area (Å²) < 4.78 is 0. The standard InChI is InChI=1S/C16H17N3/c1-12-9-14-15(7-5-4-6-8-17-3)18-11-19-16(14)10-13(12)2/h5,7,9-11H,4,6,8H2,1-2H3/b7-5+. The third-order valence-corrected chi connectivity index (χ3v) is 3.20. The maximum absolute atomic E-state index is 6.73. The van der Waals surface area contributed by atoms with Crippen LogP contribution in [0.1, 0.15) is 29.7 Å². The van der Waals surface area contributed by atoms with Crippen LogP contribution in [0.3, 0.4) is 0 Å². The zero-order valence-electron chi connectivity index (χ0n) is 11.3. The molecule has 1 aromatic carbocycles. The van der Waals surface area contributed by atoms with E-state index in [1.807, 2.05) is 6.08 Å². The average molecular weight is 251 g/mol. The molecular weight excluding hydrogens is 234 g/mol. The van der Waals surface area contributed by atoms with E-state index in [1.165, 1.54) is 11.1 Å². The molecule has 3 nitrogen and oxygen atoms in total. The number of unbranched alkanes of at least 4 members (excludes halogenated alkanes) is 1. The number of allylic oxidation sites excluding steroid dienone is 1. The van der Waals surface area contributed by atoms with Crippen LogP contribution in [0.4, 0.5) is 0 Å². The van der Waals surface area contributed by atoms with Crippen LogP contribution in [-0.4, -0.2) is 16.5 Å². The van der Waals surface area contributed by atoms with Crippen molar-refractivity contribution in [3.63, 3.8) is 0 Å². The Bertz CT molecular complexity index is 651. The van der Waals surface area contributed by atoms with Crippen molar-refractivity contribution in [1.82, 2.24) is 9.97 Å². The van der Waals surface area contributed by atoms with Gasteiger partial charge in [0.15, 0.2) is 0 Å². The van der Waals surface area contributed by atoms with E-state index in [2.05, 4.69) is 46.9 Å². The molecule has 1 heterocycles. The van der Waals surface area contributed by atoms with Crippen molar-refractivity contribution in [3.8, 4) is 0 Å². The lowest BCUT2D eigenvalue weighted by Crippen LogP contribution is -1.90. The van der Waals surface area contributed by atoms with Crippen LogP contribution in [0.15, 0.2) is 24.5 Å². The van der Waals surface area contributed by atoms with E-state index >= 15 is 0 Å². The normalized spacial score (nSPS) is 11.0. The lowest BCUT2D eigenvalue weighted by molar-refractivity contribution is 0.925. The van der Waals surface area contributed by atoms with E-state index < -0.39 is 0 Å². The molecular formula is C16H17N3. The Morgan fingerprint density at radius 2 is 2.00 bits per heavy atom. The molecule has 0 spiro atoms. The molecule has 0 N–H and O–H groups in total. The highest BCUT2D eigenvalue weighted by Gasteiger charge is 2.03. The molecule has 96 valence electrons. The summed E-state index contributed by atoms with van der Waals surface area (Å²) in [5.74, 6) is 0. The van der Waals surface area contributed by atoms with Crippen molar-refractivity contribution in [2.24, 2.45) is 0 Å². The highest BCUT2D eigenvalue weighted by Crippen LogP contribution is 2.20. The maximum Gasteiger partial charge on any atom is 0.215 e. The number of hydrogen-bond acceptors (Lipinski definition) is 2. The Kier molecular flexibility index (Phi) is 4.25. The van der Waals surface area contributed by atoms with Crippen molar-refractivity contribution in [3.05, 3.63) is 52.8 Å². The topological polar surface area (TPSA) is 30.1 Å². The Hall–Kier alpha value is -2.21. The van der Waals surface area contributed by atoms with E-state index in [-0.39, 0.29) is 0 Å². The number of nitrogens with zero attached hydrogens (tertiary/aromatic N) is 3. The van der Waals surface area contributed by atoms with Gasteiger partial charge < -0.3 is 4.85 Å². The molecule has 2 aromatic rings. The fourth-order valence-corrected chi connectivity index (χ4v) is 1.95. The predicted octanol–water partition coefficient (Wildman–Crippen LogP) is 3.96. The van der Waals surface area contributed by atoms with Gasteiger partial charge in [-0.1, -0.05) is 6.08 Å². The molecule has 0 amide bonds. The second-order valence-corrected chi connectivity index (χ2v) is 4.64. The maximum atomic E-state index is 6.73. The van der Waals surface area contributed by atoms with Gasteiger partial charge in [-0.05, 0) is 49.6 Å². The largest absolute Gasteiger partial charge is 0.317 e. The lowest BCUT2D eigenvalue weighted by atomic mass is 10.0. The van der Waals surface area contributed by atoms with Gasteiger partial charge in [-0.3, -0.25) is 0 Å². The summed E-state index contributed by atoms with van der Waals surface area (Å²) >= 11 is 0. The molecule has 0 aliphatic heterocycles. The molecule has 0 bridgehead atoms. The molecule has 0 aliphatic carbocycles. The van der Waals surface area contributed by atoms with Gasteiger partial charge in [-0.25, -0.2) is 16.5 Å². The minimum atomic E-state index is 0.590. The smallest absolute Gasteiger partial charge is 0.215 e. The Labute approximate surface area is 113 Å². The summed E-state index contributed by atoms with van der Waals surface area (Å²) in [6.07, 6.45) is 7.54. The summed E-state index contributed by atoms with van der Waals surface area (Å²) in [6, 6.07) is 4.24. The van der Waals surface area contributed by atoms with Crippen LogP contribution in [0.5, 0.6) is 0 Å². The lowest BCUT2D eigenvalue weighted by Gasteiger charge is -2.05. The molecule has 0 saturated carbocycles. The monoisotopic (exact) mass is 251 g/mol. The summed E-state index contributed by atoms with van der Waals surface area (Å²) in [5, 5.41) is 1.09. The van der Waals surface area contributed by atoms with E-state index in [0.29, 0.717) is 6.54 Å². The van der Waals surface area contributed by atoms with Crippen LogP contribution >= 0.6 is 0 Å². The third kappa shape index (κ3) is 3.17. The Morgan fingerprint density at radius 3 is 2.79 bits per heavy atom. The minimum absolute atomic E-state index is 0.590. The molecule has 0 aliphatic rings. The van der Waals surface area contributed by atoms with E-state index in [9.17, 15) is 0 Å². The molecule has 0 fully saturated rings. The average Bonchev–Trinajstić information content (AvgIpc) is 2.40. The molecule has 0 radical (unpaired) electrons. The number of benzene rings is 1. The van der Waals surface area contributed by atoms with Crippen molar-refractivity contribution in [2.45, 2.75) is 26.7 Å². The highest BCUT2D eigenvalue weighted by molar-refractivity contribution is 5.87. The first-order valence-corrected chi connectivity index (χ1v) is 6.44. The second kappa shape index (κ2) is 6.10. The van der Waals surface area contributed by atoms with Gasteiger partial charge >= 0.3 is 0 Å². The van der Waals surface area contributed by atoms with Crippen molar-refractivity contribution in [1.29, 1.82) is 0 Å². The first-order chi connectivity index (χ1) is 9.22. The predicted molar refractivity (Wildman–Crippen MR) is 78.7 cm³/mol. The van der Waals surface area contributed by atoms with Crippen molar-refractivity contribution in [2.75, 3.05) is 6.54 Å². The fourth-order valence-electron chi connectivity index (χ4n) is 1.95. The SMILES string of the molecule is [C-]#[N+]CCC/C=C/c1ncnc2cc(C)c(C)cc12.